The van der Waals surface area contributed by atoms with Crippen LogP contribution in [0.2, 0.25) is 5.02 Å². The number of aryl methyl sites for hydroxylation is 2. The monoisotopic (exact) mass is 557 g/mol. The number of benzene rings is 3. The van der Waals surface area contributed by atoms with Crippen molar-refractivity contribution in [3.05, 3.63) is 123 Å². The quantitative estimate of drug-likeness (QED) is 0.232. The van der Waals surface area contributed by atoms with Gasteiger partial charge in [0.25, 0.3) is 17.7 Å². The molecule has 9 heteroatoms. The van der Waals surface area contributed by atoms with E-state index in [-0.39, 0.29) is 23.1 Å². The van der Waals surface area contributed by atoms with E-state index in [1.807, 2.05) is 32.0 Å². The van der Waals surface area contributed by atoms with Gasteiger partial charge in [-0.25, -0.2) is 0 Å². The third-order valence-corrected chi connectivity index (χ3v) is 7.54. The molecule has 0 fully saturated rings. The van der Waals surface area contributed by atoms with Crippen LogP contribution in [-0.2, 0) is 16.1 Å². The number of amides is 3. The standard InChI is InChI=1S/C30H24ClN3O4S/c1-18-8-9-23(15-19(18)2)32-26-27(30(37)34(29(26)36)17-24-7-4-14-38-24)39-25-12-10-22(11-13-25)33-28(35)20-5-3-6-21(31)16-20/h3-16,32H,17H2,1-2H3,(H,33,35). The SMILES string of the molecule is Cc1ccc(NC2=C(Sc3ccc(NC(=O)c4cccc(Cl)c4)cc3)C(=O)N(Cc3ccco3)C2=O)cc1C. The van der Waals surface area contributed by atoms with E-state index < -0.39 is 11.8 Å². The third kappa shape index (κ3) is 5.92. The fraction of sp³-hybridized carbons (Fsp3) is 0.100. The first-order valence-electron chi connectivity index (χ1n) is 12.1. The summed E-state index contributed by atoms with van der Waals surface area (Å²) in [5.74, 6) is -0.618. The number of imide groups is 1. The van der Waals surface area contributed by atoms with E-state index in [9.17, 15) is 14.4 Å². The van der Waals surface area contributed by atoms with Gasteiger partial charge in [0.05, 0.1) is 12.8 Å². The zero-order valence-corrected chi connectivity index (χ0v) is 22.7. The highest BCUT2D eigenvalue weighted by Gasteiger charge is 2.39. The molecule has 1 aliphatic heterocycles. The molecule has 1 aliphatic rings. The third-order valence-electron chi connectivity index (χ3n) is 6.21. The second-order valence-corrected chi connectivity index (χ2v) is 10.5. The number of carbonyl (C=O) groups excluding carboxylic acids is 3. The number of thioether (sulfide) groups is 1. The molecule has 196 valence electrons. The maximum Gasteiger partial charge on any atom is 0.278 e. The van der Waals surface area contributed by atoms with Crippen LogP contribution in [0.15, 0.2) is 105 Å². The molecule has 2 N–H and O–H groups in total. The molecule has 0 atom stereocenters. The average Bonchev–Trinajstić information content (AvgIpc) is 3.51. The van der Waals surface area contributed by atoms with E-state index in [0.29, 0.717) is 27.7 Å². The molecule has 5 rings (SSSR count). The van der Waals surface area contributed by atoms with Crippen molar-refractivity contribution in [2.24, 2.45) is 0 Å². The zero-order chi connectivity index (χ0) is 27.5. The number of carbonyl (C=O) groups is 3. The summed E-state index contributed by atoms with van der Waals surface area (Å²) in [5, 5.41) is 6.49. The van der Waals surface area contributed by atoms with Gasteiger partial charge in [0, 0.05) is 26.9 Å². The van der Waals surface area contributed by atoms with E-state index in [1.165, 1.54) is 22.9 Å². The van der Waals surface area contributed by atoms with Crippen molar-refractivity contribution >= 4 is 52.5 Å². The van der Waals surface area contributed by atoms with E-state index in [1.54, 1.807) is 60.7 Å². The molecule has 7 nitrogen and oxygen atoms in total. The summed E-state index contributed by atoms with van der Waals surface area (Å²) in [4.78, 5) is 41.6. The highest BCUT2D eigenvalue weighted by Crippen LogP contribution is 2.37. The summed E-state index contributed by atoms with van der Waals surface area (Å²) < 4.78 is 5.38. The Morgan fingerprint density at radius 1 is 0.897 bits per heavy atom. The van der Waals surface area contributed by atoms with Gasteiger partial charge in [-0.3, -0.25) is 19.3 Å². The summed E-state index contributed by atoms with van der Waals surface area (Å²) in [6.45, 7) is 4.03. The number of hydrogen-bond acceptors (Lipinski definition) is 6. The number of hydrogen-bond donors (Lipinski definition) is 2. The van der Waals surface area contributed by atoms with Crippen molar-refractivity contribution in [1.82, 2.24) is 4.90 Å². The second kappa shape index (κ2) is 11.2. The lowest BCUT2D eigenvalue weighted by molar-refractivity contribution is -0.138. The molecule has 0 unspecified atom stereocenters. The minimum Gasteiger partial charge on any atom is -0.467 e. The fourth-order valence-corrected chi connectivity index (χ4v) is 5.12. The Morgan fingerprint density at radius 3 is 2.36 bits per heavy atom. The molecular weight excluding hydrogens is 534 g/mol. The fourth-order valence-electron chi connectivity index (χ4n) is 3.98. The van der Waals surface area contributed by atoms with Crippen LogP contribution in [0.25, 0.3) is 0 Å². The van der Waals surface area contributed by atoms with Crippen molar-refractivity contribution in [2.75, 3.05) is 10.6 Å². The van der Waals surface area contributed by atoms with E-state index in [4.69, 9.17) is 16.0 Å². The highest BCUT2D eigenvalue weighted by molar-refractivity contribution is 8.04. The van der Waals surface area contributed by atoms with Gasteiger partial charge >= 0.3 is 0 Å². The van der Waals surface area contributed by atoms with Gasteiger partial charge in [-0.2, -0.15) is 0 Å². The van der Waals surface area contributed by atoms with Gasteiger partial charge < -0.3 is 15.1 Å². The van der Waals surface area contributed by atoms with Crippen LogP contribution in [0.3, 0.4) is 0 Å². The Bertz CT molecular complexity index is 1600. The molecule has 1 aromatic heterocycles. The van der Waals surface area contributed by atoms with Crippen LogP contribution >= 0.6 is 23.4 Å². The number of furan rings is 1. The molecule has 4 aromatic rings. The summed E-state index contributed by atoms with van der Waals surface area (Å²) in [6, 6.07) is 22.9. The number of nitrogens with zero attached hydrogens (tertiary/aromatic N) is 1. The van der Waals surface area contributed by atoms with Crippen molar-refractivity contribution in [3.8, 4) is 0 Å². The molecule has 3 amide bonds. The van der Waals surface area contributed by atoms with Gasteiger partial charge in [-0.1, -0.05) is 35.5 Å². The lowest BCUT2D eigenvalue weighted by Gasteiger charge is -2.14. The van der Waals surface area contributed by atoms with Gasteiger partial charge in [0.1, 0.15) is 16.4 Å². The molecule has 0 bridgehead atoms. The average molecular weight is 558 g/mol. The lowest BCUT2D eigenvalue weighted by Crippen LogP contribution is -2.31. The summed E-state index contributed by atoms with van der Waals surface area (Å²) in [7, 11) is 0. The number of rotatable bonds is 8. The second-order valence-electron chi connectivity index (χ2n) is 8.99. The van der Waals surface area contributed by atoms with Crippen LogP contribution in [0, 0.1) is 13.8 Å². The van der Waals surface area contributed by atoms with Gasteiger partial charge in [0.2, 0.25) is 0 Å². The largest absolute Gasteiger partial charge is 0.467 e. The van der Waals surface area contributed by atoms with Gasteiger partial charge in [-0.05, 0) is 91.7 Å². The predicted octanol–water partition coefficient (Wildman–Crippen LogP) is 6.79. The molecular formula is C30H24ClN3O4S. The first kappa shape index (κ1) is 26.3. The molecule has 3 aromatic carbocycles. The normalized spacial score (nSPS) is 13.3. The Hall–Kier alpha value is -4.27. The maximum atomic E-state index is 13.4. The first-order valence-corrected chi connectivity index (χ1v) is 13.3. The van der Waals surface area contributed by atoms with Gasteiger partial charge in [-0.15, -0.1) is 0 Å². The summed E-state index contributed by atoms with van der Waals surface area (Å²) >= 11 is 7.17. The molecule has 0 saturated carbocycles. The predicted molar refractivity (Wildman–Crippen MR) is 153 cm³/mol. The minimum absolute atomic E-state index is 0.0291. The summed E-state index contributed by atoms with van der Waals surface area (Å²) in [6.07, 6.45) is 1.50. The molecule has 39 heavy (non-hydrogen) atoms. The smallest absolute Gasteiger partial charge is 0.278 e. The molecule has 0 spiro atoms. The molecule has 0 aliphatic carbocycles. The molecule has 0 radical (unpaired) electrons. The summed E-state index contributed by atoms with van der Waals surface area (Å²) in [5.41, 5.74) is 4.14. The Kier molecular flexibility index (Phi) is 7.58. The zero-order valence-electron chi connectivity index (χ0n) is 21.2. The number of halogens is 1. The first-order chi connectivity index (χ1) is 18.8. The highest BCUT2D eigenvalue weighted by atomic mass is 35.5. The van der Waals surface area contributed by atoms with Crippen molar-refractivity contribution in [3.63, 3.8) is 0 Å². The van der Waals surface area contributed by atoms with Gasteiger partial charge in [0.15, 0.2) is 0 Å². The van der Waals surface area contributed by atoms with Crippen LogP contribution < -0.4 is 10.6 Å². The van der Waals surface area contributed by atoms with Crippen LogP contribution in [0.1, 0.15) is 27.2 Å². The van der Waals surface area contributed by atoms with Crippen LogP contribution in [0.4, 0.5) is 11.4 Å². The van der Waals surface area contributed by atoms with E-state index in [0.717, 1.165) is 16.0 Å². The molecule has 2 heterocycles. The van der Waals surface area contributed by atoms with Crippen molar-refractivity contribution in [1.29, 1.82) is 0 Å². The van der Waals surface area contributed by atoms with E-state index >= 15 is 0 Å². The van der Waals surface area contributed by atoms with Crippen molar-refractivity contribution in [2.45, 2.75) is 25.3 Å². The Balaban J connectivity index is 1.38. The maximum absolute atomic E-state index is 13.4. The van der Waals surface area contributed by atoms with Crippen LogP contribution in [0.5, 0.6) is 0 Å². The number of nitrogens with one attached hydrogen (secondary N) is 2. The Morgan fingerprint density at radius 2 is 1.67 bits per heavy atom. The topological polar surface area (TPSA) is 91.7 Å². The minimum atomic E-state index is -0.428. The number of anilines is 2. The Labute approximate surface area is 234 Å². The lowest BCUT2D eigenvalue weighted by atomic mass is 10.1. The van der Waals surface area contributed by atoms with Crippen LogP contribution in [-0.4, -0.2) is 22.6 Å². The van der Waals surface area contributed by atoms with E-state index in [2.05, 4.69) is 10.6 Å². The molecule has 0 saturated heterocycles. The van der Waals surface area contributed by atoms with Crippen molar-refractivity contribution < 1.29 is 18.8 Å².